The van der Waals surface area contributed by atoms with E-state index in [1.807, 2.05) is 27.0 Å². The lowest BCUT2D eigenvalue weighted by atomic mass is 10.0. The summed E-state index contributed by atoms with van der Waals surface area (Å²) in [5.74, 6) is 0.607. The van der Waals surface area contributed by atoms with Gasteiger partial charge in [0.1, 0.15) is 17.9 Å². The molecule has 1 amide bonds. The molecule has 2 aromatic heterocycles. The first-order valence-corrected chi connectivity index (χ1v) is 13.2. The molecule has 0 bridgehead atoms. The number of anilines is 2. The largest absolute Gasteiger partial charge is 0.451 e. The second kappa shape index (κ2) is 11.3. The number of rotatable bonds is 8. The van der Waals surface area contributed by atoms with Crippen LogP contribution in [-0.2, 0) is 13.1 Å². The van der Waals surface area contributed by atoms with Crippen molar-refractivity contribution in [2.45, 2.75) is 58.8 Å². The van der Waals surface area contributed by atoms with Crippen LogP contribution in [0, 0.1) is 5.82 Å². The number of carbonyl (C=O) groups is 1. The van der Waals surface area contributed by atoms with Crippen LogP contribution in [0.5, 0.6) is 11.5 Å². The minimum atomic E-state index is -0.491. The Hall–Kier alpha value is -3.79. The molecule has 10 heteroatoms. The van der Waals surface area contributed by atoms with Crippen molar-refractivity contribution < 1.29 is 13.9 Å². The first-order chi connectivity index (χ1) is 18.4. The average Bonchev–Trinajstić information content (AvgIpc) is 3.41. The second-order valence-electron chi connectivity index (χ2n) is 9.93. The number of pyridine rings is 1. The van der Waals surface area contributed by atoms with E-state index in [0.717, 1.165) is 50.4 Å². The standard InChI is InChI=1S/C28H34FN7O2/c1-4-36(18(2)3)28(37)21-13-19(29)5-6-25(21)38-26-16-31-17-33-27(26)35-11-8-20(9-12-35)34-23-7-10-32-24-15-30-14-22(23)24/h5-7,10,13,16-18,20,30H,4,8-9,11-12,14-15H2,1-3H3,(H,32,34). The van der Waals surface area contributed by atoms with Crippen LogP contribution in [0.4, 0.5) is 15.9 Å². The number of halogens is 1. The van der Waals surface area contributed by atoms with Crippen molar-refractivity contribution in [1.29, 1.82) is 0 Å². The van der Waals surface area contributed by atoms with E-state index < -0.39 is 5.82 Å². The molecule has 4 heterocycles. The van der Waals surface area contributed by atoms with Gasteiger partial charge in [0.15, 0.2) is 11.6 Å². The maximum absolute atomic E-state index is 14.2. The van der Waals surface area contributed by atoms with Gasteiger partial charge in [0.25, 0.3) is 5.91 Å². The van der Waals surface area contributed by atoms with E-state index in [-0.39, 0.29) is 23.3 Å². The highest BCUT2D eigenvalue weighted by Gasteiger charge is 2.26. The van der Waals surface area contributed by atoms with Crippen molar-refractivity contribution in [3.05, 3.63) is 65.6 Å². The molecule has 0 spiro atoms. The molecule has 0 radical (unpaired) electrons. The summed E-state index contributed by atoms with van der Waals surface area (Å²) in [7, 11) is 0. The molecular weight excluding hydrogens is 485 g/mol. The van der Waals surface area contributed by atoms with Gasteiger partial charge in [-0.2, -0.15) is 0 Å². The third kappa shape index (κ3) is 5.40. The molecule has 9 nitrogen and oxygen atoms in total. The number of benzene rings is 1. The van der Waals surface area contributed by atoms with Crippen LogP contribution in [0.25, 0.3) is 0 Å². The van der Waals surface area contributed by atoms with E-state index in [4.69, 9.17) is 4.74 Å². The molecule has 38 heavy (non-hydrogen) atoms. The van der Waals surface area contributed by atoms with Gasteiger partial charge in [-0.05, 0) is 57.9 Å². The molecular formula is C28H34FN7O2. The fourth-order valence-corrected chi connectivity index (χ4v) is 5.18. The van der Waals surface area contributed by atoms with Crippen LogP contribution in [0.3, 0.4) is 0 Å². The SMILES string of the molecule is CCN(C(=O)c1cc(F)ccc1Oc1cncnc1N1CCC(Nc2ccnc3c2CNC3)CC1)C(C)C. The number of amides is 1. The molecule has 1 aromatic carbocycles. The normalized spacial score (nSPS) is 15.4. The van der Waals surface area contributed by atoms with Crippen molar-refractivity contribution in [3.8, 4) is 11.5 Å². The van der Waals surface area contributed by atoms with E-state index in [2.05, 4.69) is 36.6 Å². The van der Waals surface area contributed by atoms with E-state index >= 15 is 0 Å². The van der Waals surface area contributed by atoms with Gasteiger partial charge >= 0.3 is 0 Å². The Labute approximate surface area is 222 Å². The highest BCUT2D eigenvalue weighted by Crippen LogP contribution is 2.34. The Morgan fingerprint density at radius 1 is 1.21 bits per heavy atom. The third-order valence-corrected chi connectivity index (χ3v) is 7.17. The van der Waals surface area contributed by atoms with Crippen LogP contribution < -0.4 is 20.3 Å². The van der Waals surface area contributed by atoms with Crippen LogP contribution >= 0.6 is 0 Å². The molecule has 200 valence electrons. The zero-order valence-corrected chi connectivity index (χ0v) is 22.1. The zero-order valence-electron chi connectivity index (χ0n) is 22.1. The average molecular weight is 520 g/mol. The molecule has 2 N–H and O–H groups in total. The van der Waals surface area contributed by atoms with Gasteiger partial charge in [-0.15, -0.1) is 0 Å². The van der Waals surface area contributed by atoms with Gasteiger partial charge in [0.05, 0.1) is 17.5 Å². The predicted molar refractivity (Wildman–Crippen MR) is 144 cm³/mol. The number of aromatic nitrogens is 3. The molecule has 0 aliphatic carbocycles. The Morgan fingerprint density at radius 2 is 2.03 bits per heavy atom. The summed E-state index contributed by atoms with van der Waals surface area (Å²) < 4.78 is 20.4. The lowest BCUT2D eigenvalue weighted by Crippen LogP contribution is -2.40. The summed E-state index contributed by atoms with van der Waals surface area (Å²) in [6.45, 7) is 9.49. The van der Waals surface area contributed by atoms with E-state index in [1.54, 1.807) is 11.1 Å². The molecule has 1 saturated heterocycles. The maximum atomic E-state index is 14.2. The van der Waals surface area contributed by atoms with Crippen molar-refractivity contribution in [2.75, 3.05) is 29.9 Å². The molecule has 5 rings (SSSR count). The summed E-state index contributed by atoms with van der Waals surface area (Å²) in [5, 5.41) is 7.08. The second-order valence-corrected chi connectivity index (χ2v) is 9.93. The Bertz CT molecular complexity index is 1290. The molecule has 0 unspecified atom stereocenters. The molecule has 2 aliphatic rings. The molecule has 0 atom stereocenters. The number of fused-ring (bicyclic) bond motifs is 1. The van der Waals surface area contributed by atoms with Crippen LogP contribution in [-0.4, -0.2) is 57.5 Å². The minimum absolute atomic E-state index is 0.0291. The topological polar surface area (TPSA) is 95.5 Å². The minimum Gasteiger partial charge on any atom is -0.451 e. The van der Waals surface area contributed by atoms with Gasteiger partial charge in [0, 0.05) is 62.3 Å². The summed E-state index contributed by atoms with van der Waals surface area (Å²) in [6.07, 6.45) is 6.80. The lowest BCUT2D eigenvalue weighted by Gasteiger charge is -2.34. The van der Waals surface area contributed by atoms with Gasteiger partial charge in [0.2, 0.25) is 0 Å². The zero-order chi connectivity index (χ0) is 26.6. The summed E-state index contributed by atoms with van der Waals surface area (Å²) in [6, 6.07) is 6.37. The van der Waals surface area contributed by atoms with Gasteiger partial charge in [-0.1, -0.05) is 0 Å². The summed E-state index contributed by atoms with van der Waals surface area (Å²) >= 11 is 0. The summed E-state index contributed by atoms with van der Waals surface area (Å²) in [5.41, 5.74) is 3.70. The molecule has 1 fully saturated rings. The van der Waals surface area contributed by atoms with Crippen LogP contribution in [0.2, 0.25) is 0 Å². The van der Waals surface area contributed by atoms with Crippen molar-refractivity contribution in [3.63, 3.8) is 0 Å². The van der Waals surface area contributed by atoms with Crippen molar-refractivity contribution in [1.82, 2.24) is 25.2 Å². The highest BCUT2D eigenvalue weighted by atomic mass is 19.1. The lowest BCUT2D eigenvalue weighted by molar-refractivity contribution is 0.0713. The number of nitrogens with zero attached hydrogens (tertiary/aromatic N) is 5. The number of hydrogen-bond acceptors (Lipinski definition) is 8. The van der Waals surface area contributed by atoms with E-state index in [9.17, 15) is 9.18 Å². The first-order valence-electron chi connectivity index (χ1n) is 13.2. The first kappa shape index (κ1) is 25.8. The Morgan fingerprint density at radius 3 is 2.79 bits per heavy atom. The van der Waals surface area contributed by atoms with E-state index in [1.165, 1.54) is 30.1 Å². The highest BCUT2D eigenvalue weighted by molar-refractivity contribution is 5.97. The third-order valence-electron chi connectivity index (χ3n) is 7.17. The number of carbonyl (C=O) groups excluding carboxylic acids is 1. The fraction of sp³-hybridized carbons (Fsp3) is 0.429. The van der Waals surface area contributed by atoms with Gasteiger partial charge < -0.3 is 25.2 Å². The number of nitrogens with one attached hydrogen (secondary N) is 2. The smallest absolute Gasteiger partial charge is 0.257 e. The molecule has 2 aliphatic heterocycles. The maximum Gasteiger partial charge on any atom is 0.257 e. The number of hydrogen-bond donors (Lipinski definition) is 2. The number of ether oxygens (including phenoxy) is 1. The monoisotopic (exact) mass is 519 g/mol. The Kier molecular flexibility index (Phi) is 7.69. The summed E-state index contributed by atoms with van der Waals surface area (Å²) in [4.78, 5) is 30.2. The van der Waals surface area contributed by atoms with Crippen LogP contribution in [0.1, 0.15) is 55.2 Å². The molecule has 0 saturated carbocycles. The Balaban J connectivity index is 1.31. The van der Waals surface area contributed by atoms with Gasteiger partial charge in [-0.3, -0.25) is 9.78 Å². The van der Waals surface area contributed by atoms with Crippen molar-refractivity contribution in [2.24, 2.45) is 0 Å². The quantitative estimate of drug-likeness (QED) is 0.453. The predicted octanol–water partition coefficient (Wildman–Crippen LogP) is 4.36. The van der Waals surface area contributed by atoms with E-state index in [0.29, 0.717) is 24.2 Å². The van der Waals surface area contributed by atoms with Crippen LogP contribution in [0.15, 0.2) is 43.0 Å². The number of piperidine rings is 1. The molecule has 3 aromatic rings. The van der Waals surface area contributed by atoms with Crippen molar-refractivity contribution >= 4 is 17.4 Å². The van der Waals surface area contributed by atoms with Gasteiger partial charge in [-0.25, -0.2) is 14.4 Å². The fourth-order valence-electron chi connectivity index (χ4n) is 5.18.